The quantitative estimate of drug-likeness (QED) is 0.905. The SMILES string of the molecule is Cc1ccc(OC2CCN(CC3(CO)COC3)CC2)cc1C. The Morgan fingerprint density at radius 1 is 1.23 bits per heavy atom. The topological polar surface area (TPSA) is 41.9 Å². The molecule has 2 aliphatic rings. The summed E-state index contributed by atoms with van der Waals surface area (Å²) in [5.74, 6) is 0.987. The molecule has 22 heavy (non-hydrogen) atoms. The van der Waals surface area contributed by atoms with E-state index in [0.717, 1.165) is 38.2 Å². The average Bonchev–Trinajstić information content (AvgIpc) is 2.48. The van der Waals surface area contributed by atoms with Crippen LogP contribution in [0, 0.1) is 19.3 Å². The zero-order valence-corrected chi connectivity index (χ0v) is 13.7. The Kier molecular flexibility index (Phi) is 4.71. The van der Waals surface area contributed by atoms with Gasteiger partial charge in [0.2, 0.25) is 0 Å². The first-order valence-electron chi connectivity index (χ1n) is 8.25. The van der Waals surface area contributed by atoms with Crippen LogP contribution in [0.2, 0.25) is 0 Å². The molecule has 0 bridgehead atoms. The molecule has 0 aromatic heterocycles. The molecule has 0 spiro atoms. The third-order valence-corrected chi connectivity index (χ3v) is 5.03. The Morgan fingerprint density at radius 2 is 1.95 bits per heavy atom. The van der Waals surface area contributed by atoms with Crippen molar-refractivity contribution in [2.75, 3.05) is 39.5 Å². The number of piperidine rings is 1. The molecule has 2 aliphatic heterocycles. The number of likely N-dealkylation sites (tertiary alicyclic amines) is 1. The second-order valence-corrected chi connectivity index (χ2v) is 6.99. The zero-order chi connectivity index (χ0) is 15.6. The molecule has 2 fully saturated rings. The number of nitrogens with zero attached hydrogens (tertiary/aromatic N) is 1. The van der Waals surface area contributed by atoms with Gasteiger partial charge in [-0.05, 0) is 49.9 Å². The first-order valence-corrected chi connectivity index (χ1v) is 8.25. The van der Waals surface area contributed by atoms with Crippen LogP contribution in [0.15, 0.2) is 18.2 Å². The summed E-state index contributed by atoms with van der Waals surface area (Å²) in [5, 5.41) is 9.53. The fraction of sp³-hybridized carbons (Fsp3) is 0.667. The minimum absolute atomic E-state index is 0.0121. The monoisotopic (exact) mass is 305 g/mol. The van der Waals surface area contributed by atoms with Crippen molar-refractivity contribution >= 4 is 0 Å². The van der Waals surface area contributed by atoms with Crippen molar-refractivity contribution in [2.24, 2.45) is 5.41 Å². The van der Waals surface area contributed by atoms with Gasteiger partial charge in [-0.2, -0.15) is 0 Å². The van der Waals surface area contributed by atoms with Gasteiger partial charge in [0, 0.05) is 19.6 Å². The number of aryl methyl sites for hydroxylation is 2. The van der Waals surface area contributed by atoms with Gasteiger partial charge in [0.15, 0.2) is 0 Å². The highest BCUT2D eigenvalue weighted by Crippen LogP contribution is 2.29. The summed E-state index contributed by atoms with van der Waals surface area (Å²) in [6, 6.07) is 6.33. The standard InChI is InChI=1S/C18H27NO3/c1-14-3-4-17(9-15(14)2)22-16-5-7-19(8-6-16)10-18(11-20)12-21-13-18/h3-4,9,16,20H,5-8,10-13H2,1-2H3. The summed E-state index contributed by atoms with van der Waals surface area (Å²) >= 11 is 0. The predicted octanol–water partition coefficient (Wildman–Crippen LogP) is 2.16. The van der Waals surface area contributed by atoms with E-state index in [1.54, 1.807) is 0 Å². The third-order valence-electron chi connectivity index (χ3n) is 5.03. The van der Waals surface area contributed by atoms with Gasteiger partial charge in [0.05, 0.1) is 25.2 Å². The van der Waals surface area contributed by atoms with Gasteiger partial charge in [-0.25, -0.2) is 0 Å². The molecule has 3 rings (SSSR count). The van der Waals surface area contributed by atoms with Crippen molar-refractivity contribution in [3.63, 3.8) is 0 Å². The van der Waals surface area contributed by atoms with Crippen LogP contribution in [0.1, 0.15) is 24.0 Å². The molecule has 0 aliphatic carbocycles. The van der Waals surface area contributed by atoms with E-state index < -0.39 is 0 Å². The first-order chi connectivity index (χ1) is 10.6. The molecular formula is C18H27NO3. The van der Waals surface area contributed by atoms with Crippen molar-refractivity contribution in [3.05, 3.63) is 29.3 Å². The molecule has 1 N–H and O–H groups in total. The van der Waals surface area contributed by atoms with Gasteiger partial charge < -0.3 is 19.5 Å². The van der Waals surface area contributed by atoms with Crippen LogP contribution in [0.4, 0.5) is 0 Å². The molecule has 0 unspecified atom stereocenters. The average molecular weight is 305 g/mol. The Labute approximate surface area is 133 Å². The molecule has 4 nitrogen and oxygen atoms in total. The normalized spacial score (nSPS) is 22.3. The Bertz CT molecular complexity index is 500. The highest BCUT2D eigenvalue weighted by molar-refractivity contribution is 5.33. The van der Waals surface area contributed by atoms with E-state index in [1.807, 2.05) is 0 Å². The van der Waals surface area contributed by atoms with Crippen molar-refractivity contribution < 1.29 is 14.6 Å². The number of ether oxygens (including phenoxy) is 2. The number of aliphatic hydroxyl groups is 1. The van der Waals surface area contributed by atoms with E-state index in [0.29, 0.717) is 19.3 Å². The summed E-state index contributed by atoms with van der Waals surface area (Å²) in [4.78, 5) is 2.44. The second-order valence-electron chi connectivity index (χ2n) is 6.99. The minimum atomic E-state index is -0.0121. The van der Waals surface area contributed by atoms with E-state index in [9.17, 15) is 5.11 Å². The molecule has 0 amide bonds. The third kappa shape index (κ3) is 3.45. The van der Waals surface area contributed by atoms with Gasteiger partial charge in [-0.1, -0.05) is 6.07 Å². The van der Waals surface area contributed by atoms with E-state index in [2.05, 4.69) is 36.9 Å². The van der Waals surface area contributed by atoms with Crippen molar-refractivity contribution in [1.29, 1.82) is 0 Å². The summed E-state index contributed by atoms with van der Waals surface area (Å²) in [6.07, 6.45) is 2.41. The molecule has 0 radical (unpaired) electrons. The second kappa shape index (κ2) is 6.57. The maximum absolute atomic E-state index is 9.53. The predicted molar refractivity (Wildman–Crippen MR) is 86.3 cm³/mol. The molecule has 1 aromatic rings. The Hall–Kier alpha value is -1.10. The van der Waals surface area contributed by atoms with E-state index in [-0.39, 0.29) is 12.0 Å². The largest absolute Gasteiger partial charge is 0.490 e. The van der Waals surface area contributed by atoms with Crippen molar-refractivity contribution in [3.8, 4) is 5.75 Å². The van der Waals surface area contributed by atoms with Gasteiger partial charge >= 0.3 is 0 Å². The molecule has 122 valence electrons. The lowest BCUT2D eigenvalue weighted by Crippen LogP contribution is -2.55. The highest BCUT2D eigenvalue weighted by Gasteiger charge is 2.40. The van der Waals surface area contributed by atoms with E-state index in [1.165, 1.54) is 11.1 Å². The maximum Gasteiger partial charge on any atom is 0.120 e. The molecule has 0 saturated carbocycles. The van der Waals surface area contributed by atoms with Crippen LogP contribution in [0.5, 0.6) is 5.75 Å². The smallest absolute Gasteiger partial charge is 0.120 e. The minimum Gasteiger partial charge on any atom is -0.490 e. The summed E-state index contributed by atoms with van der Waals surface area (Å²) < 4.78 is 11.4. The number of hydrogen-bond donors (Lipinski definition) is 1. The van der Waals surface area contributed by atoms with Crippen LogP contribution in [0.25, 0.3) is 0 Å². The van der Waals surface area contributed by atoms with E-state index in [4.69, 9.17) is 9.47 Å². The van der Waals surface area contributed by atoms with Crippen LogP contribution < -0.4 is 4.74 Å². The maximum atomic E-state index is 9.53. The highest BCUT2D eigenvalue weighted by atomic mass is 16.5. The molecule has 4 heteroatoms. The van der Waals surface area contributed by atoms with Gasteiger partial charge in [-0.3, -0.25) is 0 Å². The molecule has 0 atom stereocenters. The lowest BCUT2D eigenvalue weighted by molar-refractivity contribution is -0.150. The molecular weight excluding hydrogens is 278 g/mol. The van der Waals surface area contributed by atoms with Crippen LogP contribution in [0.3, 0.4) is 0 Å². The van der Waals surface area contributed by atoms with Gasteiger partial charge in [0.25, 0.3) is 0 Å². The number of aliphatic hydroxyl groups excluding tert-OH is 1. The van der Waals surface area contributed by atoms with Crippen LogP contribution in [-0.4, -0.2) is 55.6 Å². The molecule has 1 aromatic carbocycles. The summed E-state index contributed by atoms with van der Waals surface area (Å²) in [5.41, 5.74) is 2.57. The van der Waals surface area contributed by atoms with Crippen LogP contribution in [-0.2, 0) is 4.74 Å². The van der Waals surface area contributed by atoms with E-state index >= 15 is 0 Å². The fourth-order valence-electron chi connectivity index (χ4n) is 3.26. The Morgan fingerprint density at radius 3 is 2.50 bits per heavy atom. The van der Waals surface area contributed by atoms with Gasteiger partial charge in [-0.15, -0.1) is 0 Å². The molecule has 2 heterocycles. The number of hydrogen-bond acceptors (Lipinski definition) is 4. The first kappa shape index (κ1) is 15.8. The fourth-order valence-corrected chi connectivity index (χ4v) is 3.26. The lowest BCUT2D eigenvalue weighted by Gasteiger charge is -2.44. The zero-order valence-electron chi connectivity index (χ0n) is 13.7. The van der Waals surface area contributed by atoms with Crippen LogP contribution >= 0.6 is 0 Å². The summed E-state index contributed by atoms with van der Waals surface area (Å²) in [6.45, 7) is 8.89. The summed E-state index contributed by atoms with van der Waals surface area (Å²) in [7, 11) is 0. The van der Waals surface area contributed by atoms with Gasteiger partial charge in [0.1, 0.15) is 11.9 Å². The lowest BCUT2D eigenvalue weighted by atomic mass is 9.86. The Balaban J connectivity index is 1.48. The van der Waals surface area contributed by atoms with Crippen molar-refractivity contribution in [2.45, 2.75) is 32.8 Å². The molecule has 2 saturated heterocycles. The number of rotatable bonds is 5. The van der Waals surface area contributed by atoms with Crippen molar-refractivity contribution in [1.82, 2.24) is 4.90 Å². The number of benzene rings is 1.